The maximum atomic E-state index is 8.29. The standard InChI is InChI=1S/2C6H7N.O2S/c2*7-6-4-2-1-3-5-6;1-3-2/h2*1-5H,7H2;. The summed E-state index contributed by atoms with van der Waals surface area (Å²) in [6.45, 7) is 0. The van der Waals surface area contributed by atoms with Crippen LogP contribution in [0.1, 0.15) is 0 Å². The molecule has 5 heteroatoms. The summed E-state index contributed by atoms with van der Waals surface area (Å²) in [4.78, 5) is 0. The molecule has 0 saturated carbocycles. The lowest BCUT2D eigenvalue weighted by Crippen LogP contribution is -1.79. The fraction of sp³-hybridized carbons (Fsp3) is 0. The van der Waals surface area contributed by atoms with Crippen molar-refractivity contribution < 1.29 is 8.42 Å². The quantitative estimate of drug-likeness (QED) is 0.699. The van der Waals surface area contributed by atoms with Gasteiger partial charge in [-0.3, -0.25) is 0 Å². The highest BCUT2D eigenvalue weighted by molar-refractivity contribution is 7.51. The Balaban J connectivity index is 0.000000247. The van der Waals surface area contributed by atoms with Crippen LogP contribution in [0, 0.1) is 0 Å². The second-order valence-electron chi connectivity index (χ2n) is 2.89. The summed E-state index contributed by atoms with van der Waals surface area (Å²) in [6.07, 6.45) is 0. The molecule has 0 aliphatic heterocycles. The molecule has 0 spiro atoms. The van der Waals surface area contributed by atoms with Crippen molar-refractivity contribution in [2.24, 2.45) is 0 Å². The van der Waals surface area contributed by atoms with E-state index in [2.05, 4.69) is 0 Å². The van der Waals surface area contributed by atoms with Gasteiger partial charge >= 0.3 is 11.6 Å². The third kappa shape index (κ3) is 10.1. The van der Waals surface area contributed by atoms with Gasteiger partial charge in [0.1, 0.15) is 0 Å². The van der Waals surface area contributed by atoms with Crippen LogP contribution in [0.3, 0.4) is 0 Å². The average molecular weight is 250 g/mol. The van der Waals surface area contributed by atoms with E-state index in [1.54, 1.807) is 0 Å². The van der Waals surface area contributed by atoms with Gasteiger partial charge in [0.15, 0.2) is 0 Å². The third-order valence-corrected chi connectivity index (χ3v) is 1.60. The van der Waals surface area contributed by atoms with Crippen LogP contribution in [-0.2, 0) is 11.6 Å². The lowest BCUT2D eigenvalue weighted by atomic mass is 10.3. The Labute approximate surface area is 104 Å². The van der Waals surface area contributed by atoms with E-state index in [1.165, 1.54) is 0 Å². The van der Waals surface area contributed by atoms with Crippen LogP contribution in [-0.4, -0.2) is 8.42 Å². The van der Waals surface area contributed by atoms with Crippen LogP contribution in [0.15, 0.2) is 60.7 Å². The maximum absolute atomic E-state index is 8.29. The molecule has 0 saturated heterocycles. The summed E-state index contributed by atoms with van der Waals surface area (Å²) in [5.41, 5.74) is 12.4. The monoisotopic (exact) mass is 250 g/mol. The smallest absolute Gasteiger partial charge is 0.335 e. The van der Waals surface area contributed by atoms with Gasteiger partial charge in [0.25, 0.3) is 0 Å². The van der Waals surface area contributed by atoms with E-state index in [4.69, 9.17) is 19.9 Å². The number of nitrogen functional groups attached to an aromatic ring is 2. The van der Waals surface area contributed by atoms with Crippen molar-refractivity contribution in [3.8, 4) is 0 Å². The molecular formula is C12H14N2O2S. The van der Waals surface area contributed by atoms with Gasteiger partial charge in [-0.15, -0.1) is 0 Å². The Morgan fingerprint density at radius 1 is 0.647 bits per heavy atom. The number of benzene rings is 2. The number of rotatable bonds is 0. The Hall–Kier alpha value is -2.14. The van der Waals surface area contributed by atoms with Crippen molar-refractivity contribution in [2.75, 3.05) is 11.5 Å². The van der Waals surface area contributed by atoms with Gasteiger partial charge in [0.2, 0.25) is 0 Å². The van der Waals surface area contributed by atoms with Crippen LogP contribution in [0.4, 0.5) is 11.4 Å². The topological polar surface area (TPSA) is 86.2 Å². The van der Waals surface area contributed by atoms with Gasteiger partial charge < -0.3 is 11.5 Å². The number of nitrogens with two attached hydrogens (primary N) is 2. The second kappa shape index (κ2) is 10.4. The molecule has 0 unspecified atom stereocenters. The Morgan fingerprint density at radius 3 is 1.00 bits per heavy atom. The van der Waals surface area contributed by atoms with Crippen molar-refractivity contribution in [1.82, 2.24) is 0 Å². The zero-order valence-electron chi connectivity index (χ0n) is 9.15. The second-order valence-corrected chi connectivity index (χ2v) is 3.03. The summed E-state index contributed by atoms with van der Waals surface area (Å²) in [5.74, 6) is 0. The van der Waals surface area contributed by atoms with Crippen LogP contribution >= 0.6 is 0 Å². The third-order valence-electron chi connectivity index (χ3n) is 1.60. The molecule has 2 aromatic rings. The molecule has 0 fully saturated rings. The fourth-order valence-electron chi connectivity index (χ4n) is 0.906. The highest BCUT2D eigenvalue weighted by Crippen LogP contribution is 1.96. The van der Waals surface area contributed by atoms with Crippen molar-refractivity contribution in [2.45, 2.75) is 0 Å². The first-order valence-electron chi connectivity index (χ1n) is 4.73. The molecule has 4 nitrogen and oxygen atoms in total. The van der Waals surface area contributed by atoms with Crippen LogP contribution in [0.2, 0.25) is 0 Å². The molecule has 0 radical (unpaired) electrons. The lowest BCUT2D eigenvalue weighted by Gasteiger charge is -1.83. The number of anilines is 2. The highest BCUT2D eigenvalue weighted by Gasteiger charge is 1.72. The predicted octanol–water partition coefficient (Wildman–Crippen LogP) is 1.87. The van der Waals surface area contributed by atoms with E-state index in [9.17, 15) is 0 Å². The Morgan fingerprint density at radius 2 is 0.882 bits per heavy atom. The summed E-state index contributed by atoms with van der Waals surface area (Å²) >= 11 is -0.750. The summed E-state index contributed by atoms with van der Waals surface area (Å²) in [6, 6.07) is 19.0. The molecule has 90 valence electrons. The zero-order valence-corrected chi connectivity index (χ0v) is 9.97. The minimum absolute atomic E-state index is 0.750. The van der Waals surface area contributed by atoms with Gasteiger partial charge in [0.05, 0.1) is 0 Å². The van der Waals surface area contributed by atoms with Crippen molar-refractivity contribution in [3.63, 3.8) is 0 Å². The number of hydrogen-bond donors (Lipinski definition) is 2. The minimum atomic E-state index is -0.750. The molecular weight excluding hydrogens is 236 g/mol. The molecule has 0 bridgehead atoms. The first-order valence-corrected chi connectivity index (χ1v) is 5.40. The van der Waals surface area contributed by atoms with Gasteiger partial charge in [-0.05, 0) is 24.3 Å². The number of hydrogen-bond acceptors (Lipinski definition) is 4. The first-order chi connectivity index (χ1) is 8.20. The Bertz CT molecular complexity index is 391. The van der Waals surface area contributed by atoms with E-state index in [-0.39, 0.29) is 0 Å². The summed E-state index contributed by atoms with van der Waals surface area (Å²) in [5, 5.41) is 0. The van der Waals surface area contributed by atoms with Gasteiger partial charge in [0, 0.05) is 11.4 Å². The Kier molecular flexibility index (Phi) is 9.07. The van der Waals surface area contributed by atoms with Crippen LogP contribution < -0.4 is 11.5 Å². The molecule has 0 aromatic heterocycles. The molecule has 2 aromatic carbocycles. The molecule has 0 atom stereocenters. The lowest BCUT2D eigenvalue weighted by molar-refractivity contribution is 0.630. The maximum Gasteiger partial charge on any atom is 0.335 e. The highest BCUT2D eigenvalue weighted by atomic mass is 32.1. The fourth-order valence-corrected chi connectivity index (χ4v) is 0.906. The molecule has 2 rings (SSSR count). The van der Waals surface area contributed by atoms with Crippen molar-refractivity contribution in [3.05, 3.63) is 60.7 Å². The molecule has 0 aliphatic carbocycles. The van der Waals surface area contributed by atoms with E-state index in [0.717, 1.165) is 11.4 Å². The first kappa shape index (κ1) is 14.9. The SMILES string of the molecule is Nc1ccccc1.Nc1ccccc1.O=S=O. The molecule has 0 amide bonds. The van der Waals surface area contributed by atoms with Gasteiger partial charge in [-0.25, -0.2) is 0 Å². The van der Waals surface area contributed by atoms with Crippen LogP contribution in [0.5, 0.6) is 0 Å². The zero-order chi connectivity index (χ0) is 12.9. The summed E-state index contributed by atoms with van der Waals surface area (Å²) < 4.78 is 16.6. The predicted molar refractivity (Wildman–Crippen MR) is 70.6 cm³/mol. The van der Waals surface area contributed by atoms with Crippen molar-refractivity contribution in [1.29, 1.82) is 0 Å². The van der Waals surface area contributed by atoms with E-state index < -0.39 is 11.6 Å². The van der Waals surface area contributed by atoms with Gasteiger partial charge in [-0.2, -0.15) is 8.42 Å². The van der Waals surface area contributed by atoms with Gasteiger partial charge in [-0.1, -0.05) is 36.4 Å². The molecule has 4 N–H and O–H groups in total. The number of para-hydroxylation sites is 2. The van der Waals surface area contributed by atoms with Crippen LogP contribution in [0.25, 0.3) is 0 Å². The largest absolute Gasteiger partial charge is 0.399 e. The van der Waals surface area contributed by atoms with E-state index >= 15 is 0 Å². The molecule has 17 heavy (non-hydrogen) atoms. The molecule has 0 heterocycles. The van der Waals surface area contributed by atoms with Crippen molar-refractivity contribution >= 4 is 22.9 Å². The minimum Gasteiger partial charge on any atom is -0.399 e. The van der Waals surface area contributed by atoms with E-state index in [1.807, 2.05) is 60.7 Å². The summed E-state index contributed by atoms with van der Waals surface area (Å²) in [7, 11) is 0. The average Bonchev–Trinajstić information content (AvgIpc) is 2.33. The molecule has 0 aliphatic rings. The van der Waals surface area contributed by atoms with E-state index in [0.29, 0.717) is 0 Å². The normalized spacial score (nSPS) is 7.76.